The van der Waals surface area contributed by atoms with Gasteiger partial charge in [0.1, 0.15) is 5.58 Å². The first-order valence-electron chi connectivity index (χ1n) is 29.2. The van der Waals surface area contributed by atoms with Crippen molar-refractivity contribution < 1.29 is 18.1 Å². The monoisotopic (exact) mass is 901 g/mol. The third-order valence-electron chi connectivity index (χ3n) is 15.5. The maximum Gasteiger partial charge on any atom is 0.297 e. The summed E-state index contributed by atoms with van der Waals surface area (Å²) < 4.78 is 98.6. The Hall–Kier alpha value is -6.26. The number of hydrogen-bond donors (Lipinski definition) is 0. The summed E-state index contributed by atoms with van der Waals surface area (Å²) in [5.74, 6) is 0. The zero-order valence-electron chi connectivity index (χ0n) is 51.9. The predicted molar refractivity (Wildman–Crippen MR) is 292 cm³/mol. The van der Waals surface area contributed by atoms with Crippen LogP contribution in [0.3, 0.4) is 0 Å². The van der Waals surface area contributed by atoms with Crippen molar-refractivity contribution in [1.29, 1.82) is 0 Å². The summed E-state index contributed by atoms with van der Waals surface area (Å²) >= 11 is 0. The van der Waals surface area contributed by atoms with Gasteiger partial charge in [0.05, 0.1) is 30.7 Å². The number of nitrogens with zero attached hydrogens (tertiary/aromatic N) is 2. The predicted octanol–water partition coefficient (Wildman–Crippen LogP) is 15.8. The summed E-state index contributed by atoms with van der Waals surface area (Å²) in [6, 6.07) is 26.5. The van der Waals surface area contributed by atoms with Crippen molar-refractivity contribution in [3.8, 4) is 11.1 Å². The Balaban J connectivity index is 1.31. The van der Waals surface area contributed by atoms with E-state index in [1.165, 1.54) is 11.1 Å². The first kappa shape index (κ1) is 34.1. The molecule has 4 heteroatoms. The van der Waals surface area contributed by atoms with Crippen LogP contribution in [0.2, 0.25) is 0 Å². The molecule has 0 N–H and O–H groups in total. The molecule has 0 unspecified atom stereocenters. The minimum Gasteiger partial charge on any atom is -0.468 e. The standard InChI is InChI=1S/C64H67BN2O/c1-40-34-54-57-55(35-40)67(52-30-26-44(61(5,6)7)36-47(52)41-20-16-14-17-21-41)53-31-27-45(64(12,13)43-22-18-15-19-23-43)37-51(53)65(57)59-58(66(54)46-28-24-42(25-29-46)60(2,3)4)48-38-49-50(39-56(48)68-59)63(10,11)33-32-62(49,8)9/h14-31,34-39H,32-33H2,1-13H3/i14D,15D,16D,17D,18D,19D,20D,21D,28D,29D. The summed E-state index contributed by atoms with van der Waals surface area (Å²) in [6.07, 6.45) is 2.00. The molecule has 68 heavy (non-hydrogen) atoms. The maximum absolute atomic E-state index is 9.97. The smallest absolute Gasteiger partial charge is 0.297 e. The van der Waals surface area contributed by atoms with Crippen molar-refractivity contribution in [2.75, 3.05) is 9.80 Å². The van der Waals surface area contributed by atoms with Gasteiger partial charge in [-0.15, -0.1) is 0 Å². The van der Waals surface area contributed by atoms with Crippen molar-refractivity contribution in [3.63, 3.8) is 0 Å². The number of fused-ring (bicyclic) bond motifs is 7. The molecule has 3 aliphatic rings. The third-order valence-corrected chi connectivity index (χ3v) is 15.5. The number of aryl methyl sites for hydroxylation is 1. The van der Waals surface area contributed by atoms with Gasteiger partial charge in [0.2, 0.25) is 0 Å². The Kier molecular flexibility index (Phi) is 7.58. The summed E-state index contributed by atoms with van der Waals surface area (Å²) in [7, 11) is 0. The van der Waals surface area contributed by atoms with Gasteiger partial charge in [-0.1, -0.05) is 174 Å². The Morgan fingerprint density at radius 3 is 1.79 bits per heavy atom. The van der Waals surface area contributed by atoms with Crippen LogP contribution < -0.4 is 26.4 Å². The van der Waals surface area contributed by atoms with Gasteiger partial charge >= 0.3 is 0 Å². The molecule has 0 amide bonds. The molecule has 1 aromatic heterocycles. The highest BCUT2D eigenvalue weighted by Gasteiger charge is 2.48. The highest BCUT2D eigenvalue weighted by molar-refractivity contribution is 7.00. The van der Waals surface area contributed by atoms with Crippen LogP contribution >= 0.6 is 0 Å². The number of anilines is 6. The van der Waals surface area contributed by atoms with Crippen molar-refractivity contribution in [2.24, 2.45) is 0 Å². The van der Waals surface area contributed by atoms with Crippen molar-refractivity contribution in [3.05, 3.63) is 184 Å². The van der Waals surface area contributed by atoms with Gasteiger partial charge in [-0.25, -0.2) is 0 Å². The van der Waals surface area contributed by atoms with E-state index in [0.29, 0.717) is 33.7 Å². The van der Waals surface area contributed by atoms with Crippen LogP contribution in [0.5, 0.6) is 0 Å². The molecule has 0 atom stereocenters. The molecule has 0 radical (unpaired) electrons. The summed E-state index contributed by atoms with van der Waals surface area (Å²) in [5, 5.41) is 0.880. The Morgan fingerprint density at radius 1 is 0.559 bits per heavy atom. The topological polar surface area (TPSA) is 19.6 Å². The third kappa shape index (κ3) is 6.91. The molecule has 0 saturated carbocycles. The summed E-state index contributed by atoms with van der Waals surface area (Å²) in [5.41, 5.74) is 12.5. The minimum absolute atomic E-state index is 0.0334. The molecule has 0 bridgehead atoms. The van der Waals surface area contributed by atoms with Gasteiger partial charge in [0.25, 0.3) is 6.71 Å². The second kappa shape index (κ2) is 15.1. The summed E-state index contributed by atoms with van der Waals surface area (Å²) in [6.45, 7) is 27.3. The van der Waals surface area contributed by atoms with E-state index in [-0.39, 0.29) is 64.1 Å². The van der Waals surface area contributed by atoms with Crippen molar-refractivity contribution in [2.45, 2.75) is 130 Å². The maximum atomic E-state index is 9.97. The lowest BCUT2D eigenvalue weighted by atomic mass is 9.35. The average Bonchev–Trinajstić information content (AvgIpc) is 3.95. The second-order valence-electron chi connectivity index (χ2n) is 23.5. The molecule has 3 nitrogen and oxygen atoms in total. The molecule has 3 heterocycles. The molecule has 0 spiro atoms. The van der Waals surface area contributed by atoms with Crippen LogP contribution in [0.4, 0.5) is 34.1 Å². The second-order valence-corrected chi connectivity index (χ2v) is 23.5. The van der Waals surface area contributed by atoms with Crippen LogP contribution in [-0.4, -0.2) is 6.71 Å². The first-order valence-corrected chi connectivity index (χ1v) is 24.2. The fraction of sp³-hybridized carbons (Fsp3) is 0.312. The van der Waals surface area contributed by atoms with Gasteiger partial charge in [-0.3, -0.25) is 0 Å². The Labute approximate surface area is 420 Å². The molecule has 2 aliphatic heterocycles. The highest BCUT2D eigenvalue weighted by Crippen LogP contribution is 2.53. The molecule has 1 aliphatic carbocycles. The van der Waals surface area contributed by atoms with E-state index < -0.39 is 35.7 Å². The van der Waals surface area contributed by atoms with Crippen LogP contribution in [0.1, 0.15) is 149 Å². The molecule has 0 saturated heterocycles. The Bertz CT molecular complexity index is 3840. The minimum atomic E-state index is -0.787. The molecule has 8 aromatic rings. The molecule has 11 rings (SSSR count). The normalized spacial score (nSPS) is 18.1. The highest BCUT2D eigenvalue weighted by atomic mass is 16.3. The molecular formula is C64H67BN2O. The zero-order chi connectivity index (χ0) is 56.6. The van der Waals surface area contributed by atoms with E-state index in [2.05, 4.69) is 141 Å². The Morgan fingerprint density at radius 2 is 1.15 bits per heavy atom. The van der Waals surface area contributed by atoms with Crippen LogP contribution in [0.25, 0.3) is 22.1 Å². The molecule has 342 valence electrons. The number of hydrogen-bond acceptors (Lipinski definition) is 3. The van der Waals surface area contributed by atoms with E-state index in [1.807, 2.05) is 31.2 Å². The van der Waals surface area contributed by atoms with Crippen molar-refractivity contribution in [1.82, 2.24) is 0 Å². The number of furan rings is 1. The zero-order valence-corrected chi connectivity index (χ0v) is 41.9. The fourth-order valence-electron chi connectivity index (χ4n) is 11.1. The number of benzene rings is 7. The van der Waals surface area contributed by atoms with E-state index >= 15 is 0 Å². The van der Waals surface area contributed by atoms with Gasteiger partial charge in [0.15, 0.2) is 0 Å². The summed E-state index contributed by atoms with van der Waals surface area (Å²) in [4.78, 5) is 4.25. The quantitative estimate of drug-likeness (QED) is 0.161. The van der Waals surface area contributed by atoms with E-state index in [9.17, 15) is 5.48 Å². The molecule has 0 fully saturated rings. The van der Waals surface area contributed by atoms with Gasteiger partial charge in [0, 0.05) is 39.1 Å². The van der Waals surface area contributed by atoms with Crippen LogP contribution in [0.15, 0.2) is 150 Å². The molecule has 7 aromatic carbocycles. The SMILES string of the molecule is [2H]c1cc(C(C)(C)c2ccc3c(c2)B2c4oc5cc6c(cc5c4N(c4c([2H])cc(C(C)(C)C)cc4[2H])c4cc(C)cc(c42)N3c2ccc(C(C)(C)C)cc2-c2c([2H])c([2H])c([2H])c([2H])c2[2H])C(C)(C)CCC6(C)C)cc([2H])c1[2H]. The number of rotatable bonds is 5. The van der Waals surface area contributed by atoms with Gasteiger partial charge < -0.3 is 14.2 Å². The molecular weight excluding hydrogens is 824 g/mol. The van der Waals surface area contributed by atoms with E-state index in [1.54, 1.807) is 12.1 Å². The van der Waals surface area contributed by atoms with Crippen molar-refractivity contribution >= 4 is 68.4 Å². The lowest BCUT2D eigenvalue weighted by Crippen LogP contribution is -2.61. The average molecular weight is 901 g/mol. The van der Waals surface area contributed by atoms with E-state index in [0.717, 1.165) is 74.2 Å². The largest absolute Gasteiger partial charge is 0.468 e. The lowest BCUT2D eigenvalue weighted by molar-refractivity contribution is 0.332. The van der Waals surface area contributed by atoms with Gasteiger partial charge in [-0.2, -0.15) is 0 Å². The van der Waals surface area contributed by atoms with Crippen LogP contribution in [0, 0.1) is 6.92 Å². The fourth-order valence-corrected chi connectivity index (χ4v) is 11.1. The van der Waals surface area contributed by atoms with Crippen LogP contribution in [-0.2, 0) is 27.1 Å². The van der Waals surface area contributed by atoms with Gasteiger partial charge in [-0.05, 0) is 151 Å². The first-order chi connectivity index (χ1) is 36.2. The van der Waals surface area contributed by atoms with E-state index in [4.69, 9.17) is 12.6 Å². The lowest BCUT2D eigenvalue weighted by Gasteiger charge is -2.44.